The lowest BCUT2D eigenvalue weighted by atomic mass is 10.0. The van der Waals surface area contributed by atoms with Gasteiger partial charge < -0.3 is 4.74 Å². The Morgan fingerprint density at radius 1 is 1.11 bits per heavy atom. The summed E-state index contributed by atoms with van der Waals surface area (Å²) in [6.45, 7) is 0. The van der Waals surface area contributed by atoms with Gasteiger partial charge in [0.15, 0.2) is 0 Å². The van der Waals surface area contributed by atoms with Crippen molar-refractivity contribution in [3.63, 3.8) is 0 Å². The number of benzene rings is 2. The molecule has 0 aliphatic rings. The molecule has 98 valence electrons. The summed E-state index contributed by atoms with van der Waals surface area (Å²) in [6.07, 6.45) is 0. The van der Waals surface area contributed by atoms with E-state index in [9.17, 15) is 10.0 Å². The molecule has 0 aliphatic heterocycles. The Morgan fingerprint density at radius 2 is 1.79 bits per heavy atom. The molecule has 0 radical (unpaired) electrons. The molecule has 0 spiro atoms. The molecule has 0 fully saturated rings. The number of carbonyl (C=O) groups excluding carboxylic acids is 1. The van der Waals surface area contributed by atoms with Gasteiger partial charge in [0, 0.05) is 12.6 Å². The minimum Gasteiger partial charge on any atom is -0.497 e. The Morgan fingerprint density at radius 3 is 2.37 bits per heavy atom. The van der Waals surface area contributed by atoms with E-state index in [0.717, 1.165) is 16.9 Å². The minimum atomic E-state index is -0.435. The van der Waals surface area contributed by atoms with E-state index in [-0.39, 0.29) is 0 Å². The number of nitrogens with zero attached hydrogens (tertiary/aromatic N) is 1. The summed E-state index contributed by atoms with van der Waals surface area (Å²) in [5, 5.41) is 9.75. The highest BCUT2D eigenvalue weighted by atomic mass is 16.5. The van der Waals surface area contributed by atoms with Crippen LogP contribution in [-0.2, 0) is 0 Å². The first kappa shape index (κ1) is 13.1. The zero-order valence-electron chi connectivity index (χ0n) is 10.8. The molecule has 0 heterocycles. The van der Waals surface area contributed by atoms with E-state index >= 15 is 0 Å². The molecule has 0 aliphatic carbocycles. The monoisotopic (exact) mass is 257 g/mol. The van der Waals surface area contributed by atoms with Gasteiger partial charge in [-0.15, -0.1) is 0 Å². The molecule has 2 aromatic rings. The van der Waals surface area contributed by atoms with E-state index in [4.69, 9.17) is 4.74 Å². The van der Waals surface area contributed by atoms with Crippen molar-refractivity contribution in [2.75, 3.05) is 14.2 Å². The number of rotatable bonds is 3. The van der Waals surface area contributed by atoms with E-state index in [0.29, 0.717) is 10.6 Å². The van der Waals surface area contributed by atoms with Crippen molar-refractivity contribution in [2.45, 2.75) is 0 Å². The SMILES string of the molecule is COc1ccc(-c2cccc(C(=O)N(C)O)c2)cc1. The van der Waals surface area contributed by atoms with Crippen LogP contribution in [0.1, 0.15) is 10.4 Å². The Bertz CT molecular complexity index is 576. The van der Waals surface area contributed by atoms with Gasteiger partial charge in [0.05, 0.1) is 7.11 Å². The summed E-state index contributed by atoms with van der Waals surface area (Å²) in [7, 11) is 2.92. The second-order valence-electron chi connectivity index (χ2n) is 4.14. The van der Waals surface area contributed by atoms with Crippen LogP contribution in [0.3, 0.4) is 0 Å². The van der Waals surface area contributed by atoms with Gasteiger partial charge in [-0.25, -0.2) is 5.06 Å². The molecule has 4 heteroatoms. The third kappa shape index (κ3) is 2.92. The van der Waals surface area contributed by atoms with E-state index in [1.54, 1.807) is 25.3 Å². The van der Waals surface area contributed by atoms with Crippen molar-refractivity contribution in [2.24, 2.45) is 0 Å². The van der Waals surface area contributed by atoms with Gasteiger partial charge in [-0.3, -0.25) is 10.0 Å². The number of hydroxylamine groups is 2. The highest BCUT2D eigenvalue weighted by molar-refractivity contribution is 5.94. The topological polar surface area (TPSA) is 49.8 Å². The predicted octanol–water partition coefficient (Wildman–Crippen LogP) is 2.82. The van der Waals surface area contributed by atoms with Crippen molar-refractivity contribution in [3.05, 3.63) is 54.1 Å². The van der Waals surface area contributed by atoms with Gasteiger partial charge in [-0.05, 0) is 35.4 Å². The number of hydrogen-bond acceptors (Lipinski definition) is 3. The van der Waals surface area contributed by atoms with Crippen LogP contribution in [0.2, 0.25) is 0 Å². The van der Waals surface area contributed by atoms with Gasteiger partial charge >= 0.3 is 0 Å². The summed E-state index contributed by atoms with van der Waals surface area (Å²) >= 11 is 0. The fraction of sp³-hybridized carbons (Fsp3) is 0.133. The summed E-state index contributed by atoms with van der Waals surface area (Å²) in [5.41, 5.74) is 2.34. The van der Waals surface area contributed by atoms with Crippen LogP contribution >= 0.6 is 0 Å². The predicted molar refractivity (Wildman–Crippen MR) is 72.3 cm³/mol. The lowest BCUT2D eigenvalue weighted by Gasteiger charge is -2.10. The first-order valence-corrected chi connectivity index (χ1v) is 5.83. The highest BCUT2D eigenvalue weighted by Crippen LogP contribution is 2.23. The molecule has 1 N–H and O–H groups in total. The largest absolute Gasteiger partial charge is 0.497 e. The van der Waals surface area contributed by atoms with Crippen LogP contribution in [0.5, 0.6) is 5.75 Å². The Hall–Kier alpha value is -2.33. The molecule has 0 saturated carbocycles. The molecular weight excluding hydrogens is 242 g/mol. The maximum absolute atomic E-state index is 11.7. The third-order valence-electron chi connectivity index (χ3n) is 2.83. The lowest BCUT2D eigenvalue weighted by molar-refractivity contribution is -0.0374. The number of methoxy groups -OCH3 is 1. The third-order valence-corrected chi connectivity index (χ3v) is 2.83. The summed E-state index contributed by atoms with van der Waals surface area (Å²) < 4.78 is 5.10. The molecule has 1 amide bonds. The smallest absolute Gasteiger partial charge is 0.276 e. The van der Waals surface area contributed by atoms with Crippen molar-refractivity contribution in [1.29, 1.82) is 0 Å². The van der Waals surface area contributed by atoms with Crippen LogP contribution in [0.15, 0.2) is 48.5 Å². The zero-order valence-corrected chi connectivity index (χ0v) is 10.8. The maximum Gasteiger partial charge on any atom is 0.276 e. The van der Waals surface area contributed by atoms with Crippen molar-refractivity contribution in [1.82, 2.24) is 5.06 Å². The molecule has 0 unspecified atom stereocenters. The fourth-order valence-electron chi connectivity index (χ4n) is 1.80. The second kappa shape index (κ2) is 5.54. The van der Waals surface area contributed by atoms with Crippen molar-refractivity contribution >= 4 is 5.91 Å². The number of ether oxygens (including phenoxy) is 1. The van der Waals surface area contributed by atoms with Gasteiger partial charge in [0.2, 0.25) is 0 Å². The maximum atomic E-state index is 11.7. The molecule has 0 aromatic heterocycles. The zero-order chi connectivity index (χ0) is 13.8. The highest BCUT2D eigenvalue weighted by Gasteiger charge is 2.10. The molecular formula is C15H15NO3. The minimum absolute atomic E-state index is 0.435. The normalized spacial score (nSPS) is 10.1. The molecule has 0 bridgehead atoms. The summed E-state index contributed by atoms with van der Waals surface area (Å²) in [6, 6.07) is 14.7. The molecule has 2 rings (SSSR count). The number of amides is 1. The number of carbonyl (C=O) groups is 1. The molecule has 4 nitrogen and oxygen atoms in total. The lowest BCUT2D eigenvalue weighted by Crippen LogP contribution is -2.22. The molecule has 0 saturated heterocycles. The van der Waals surface area contributed by atoms with Gasteiger partial charge in [0.1, 0.15) is 5.75 Å². The Labute approximate surface area is 111 Å². The quantitative estimate of drug-likeness (QED) is 0.679. The summed E-state index contributed by atoms with van der Waals surface area (Å²) in [4.78, 5) is 11.7. The van der Waals surface area contributed by atoms with Gasteiger partial charge in [-0.1, -0.05) is 24.3 Å². The molecule has 2 aromatic carbocycles. The van der Waals surface area contributed by atoms with Crippen LogP contribution in [0, 0.1) is 0 Å². The van der Waals surface area contributed by atoms with Crippen molar-refractivity contribution < 1.29 is 14.7 Å². The van der Waals surface area contributed by atoms with Crippen LogP contribution in [0.25, 0.3) is 11.1 Å². The van der Waals surface area contributed by atoms with Crippen molar-refractivity contribution in [3.8, 4) is 16.9 Å². The second-order valence-corrected chi connectivity index (χ2v) is 4.14. The van der Waals surface area contributed by atoms with Crippen LogP contribution < -0.4 is 4.74 Å². The Kier molecular flexibility index (Phi) is 3.82. The average molecular weight is 257 g/mol. The first-order chi connectivity index (χ1) is 9.11. The molecule has 0 atom stereocenters. The van der Waals surface area contributed by atoms with E-state index < -0.39 is 5.91 Å². The van der Waals surface area contributed by atoms with E-state index in [2.05, 4.69) is 0 Å². The van der Waals surface area contributed by atoms with Gasteiger partial charge in [-0.2, -0.15) is 0 Å². The van der Waals surface area contributed by atoms with E-state index in [1.807, 2.05) is 30.3 Å². The van der Waals surface area contributed by atoms with Crippen LogP contribution in [-0.4, -0.2) is 30.3 Å². The van der Waals surface area contributed by atoms with Crippen LogP contribution in [0.4, 0.5) is 0 Å². The van der Waals surface area contributed by atoms with Gasteiger partial charge in [0.25, 0.3) is 5.91 Å². The number of hydrogen-bond donors (Lipinski definition) is 1. The fourth-order valence-corrected chi connectivity index (χ4v) is 1.80. The summed E-state index contributed by atoms with van der Waals surface area (Å²) in [5.74, 6) is 0.349. The molecule has 19 heavy (non-hydrogen) atoms. The standard InChI is InChI=1S/C15H15NO3/c1-16(18)15(17)13-5-3-4-12(10-13)11-6-8-14(19-2)9-7-11/h3-10,18H,1-2H3. The first-order valence-electron chi connectivity index (χ1n) is 5.83. The Balaban J connectivity index is 2.34. The van der Waals surface area contributed by atoms with E-state index in [1.165, 1.54) is 7.05 Å². The average Bonchev–Trinajstić information content (AvgIpc) is 2.46.